The van der Waals surface area contributed by atoms with Crippen molar-refractivity contribution in [2.45, 2.75) is 38.1 Å². The third-order valence-electron chi connectivity index (χ3n) is 5.36. The van der Waals surface area contributed by atoms with E-state index in [1.54, 1.807) is 32.5 Å². The van der Waals surface area contributed by atoms with Gasteiger partial charge in [0.15, 0.2) is 11.5 Å². The molecular formula is C20H26N2O4. The number of nitrogens with zero attached hydrogens (tertiary/aromatic N) is 2. The number of carbonyl (C=O) groups is 1. The highest BCUT2D eigenvalue weighted by Crippen LogP contribution is 2.33. The highest BCUT2D eigenvalue weighted by Gasteiger charge is 2.25. The Morgan fingerprint density at radius 1 is 1.08 bits per heavy atom. The second kappa shape index (κ2) is 7.40. The van der Waals surface area contributed by atoms with Crippen LogP contribution in [0.25, 0.3) is 10.8 Å². The minimum atomic E-state index is -0.169. The van der Waals surface area contributed by atoms with Crippen molar-refractivity contribution in [3.8, 4) is 11.5 Å². The summed E-state index contributed by atoms with van der Waals surface area (Å²) in [7, 11) is 6.59. The maximum atomic E-state index is 13.2. The van der Waals surface area contributed by atoms with Gasteiger partial charge in [-0.25, -0.2) is 0 Å². The number of methoxy groups -OCH3 is 2. The van der Waals surface area contributed by atoms with E-state index in [0.717, 1.165) is 25.7 Å². The largest absolute Gasteiger partial charge is 0.493 e. The van der Waals surface area contributed by atoms with Crippen LogP contribution in [0.3, 0.4) is 0 Å². The predicted molar refractivity (Wildman–Crippen MR) is 101 cm³/mol. The molecule has 0 bridgehead atoms. The molecule has 3 rings (SSSR count). The number of benzene rings is 1. The summed E-state index contributed by atoms with van der Waals surface area (Å²) >= 11 is 0. The number of fused-ring (bicyclic) bond motifs is 1. The number of aryl methyl sites for hydroxylation is 1. The van der Waals surface area contributed by atoms with Crippen LogP contribution in [0.1, 0.15) is 42.5 Å². The van der Waals surface area contributed by atoms with Gasteiger partial charge >= 0.3 is 0 Å². The lowest BCUT2D eigenvalue weighted by Gasteiger charge is -2.31. The van der Waals surface area contributed by atoms with E-state index < -0.39 is 0 Å². The fourth-order valence-electron chi connectivity index (χ4n) is 3.79. The van der Waals surface area contributed by atoms with E-state index in [9.17, 15) is 9.59 Å². The first-order valence-electron chi connectivity index (χ1n) is 9.00. The SMILES string of the molecule is COc1cc2c(C(=O)N(C)C3CCCCC3)cn(C)c(=O)c2cc1OC. The molecule has 6 nitrogen and oxygen atoms in total. The summed E-state index contributed by atoms with van der Waals surface area (Å²) in [6.07, 6.45) is 7.23. The van der Waals surface area contributed by atoms with Crippen LogP contribution in [0, 0.1) is 0 Å². The van der Waals surface area contributed by atoms with Crippen LogP contribution in [-0.2, 0) is 7.05 Å². The Hall–Kier alpha value is -2.50. The molecule has 0 spiro atoms. The lowest BCUT2D eigenvalue weighted by molar-refractivity contribution is 0.0697. The van der Waals surface area contributed by atoms with Crippen LogP contribution < -0.4 is 15.0 Å². The topological polar surface area (TPSA) is 60.8 Å². The second-order valence-corrected chi connectivity index (χ2v) is 6.92. The standard InChI is InChI=1S/C20H26N2O4/c1-21-12-16(20(24)22(2)13-8-6-5-7-9-13)14-10-17(25-3)18(26-4)11-15(14)19(21)23/h10-13H,5-9H2,1-4H3. The third kappa shape index (κ3) is 3.16. The molecule has 1 aromatic carbocycles. The van der Waals surface area contributed by atoms with Crippen LogP contribution in [-0.4, -0.2) is 42.7 Å². The van der Waals surface area contributed by atoms with Crippen molar-refractivity contribution in [1.82, 2.24) is 9.47 Å². The molecule has 0 N–H and O–H groups in total. The smallest absolute Gasteiger partial charge is 0.258 e. The normalized spacial score (nSPS) is 15.1. The van der Waals surface area contributed by atoms with Crippen LogP contribution in [0.2, 0.25) is 0 Å². The molecule has 0 unspecified atom stereocenters. The van der Waals surface area contributed by atoms with Crippen molar-refractivity contribution in [2.24, 2.45) is 7.05 Å². The molecule has 1 aromatic heterocycles. The lowest BCUT2D eigenvalue weighted by Crippen LogP contribution is -2.39. The Balaban J connectivity index is 2.14. The van der Waals surface area contributed by atoms with Crippen molar-refractivity contribution in [1.29, 1.82) is 0 Å². The van der Waals surface area contributed by atoms with Gasteiger partial charge in [-0.05, 0) is 25.0 Å². The van der Waals surface area contributed by atoms with E-state index >= 15 is 0 Å². The monoisotopic (exact) mass is 358 g/mol. The molecule has 0 radical (unpaired) electrons. The number of aromatic nitrogens is 1. The van der Waals surface area contributed by atoms with E-state index in [-0.39, 0.29) is 17.5 Å². The Morgan fingerprint density at radius 3 is 2.23 bits per heavy atom. The van der Waals surface area contributed by atoms with Gasteiger partial charge in [0.1, 0.15) is 0 Å². The Labute approximate surface area is 153 Å². The van der Waals surface area contributed by atoms with Crippen LogP contribution in [0.15, 0.2) is 23.1 Å². The van der Waals surface area contributed by atoms with Gasteiger partial charge in [0.25, 0.3) is 11.5 Å². The van der Waals surface area contributed by atoms with Crippen LogP contribution in [0.4, 0.5) is 0 Å². The van der Waals surface area contributed by atoms with Gasteiger partial charge in [0.05, 0.1) is 25.2 Å². The minimum Gasteiger partial charge on any atom is -0.493 e. The molecule has 26 heavy (non-hydrogen) atoms. The van der Waals surface area contributed by atoms with Crippen molar-refractivity contribution >= 4 is 16.7 Å². The zero-order chi connectivity index (χ0) is 18.8. The highest BCUT2D eigenvalue weighted by molar-refractivity contribution is 6.07. The second-order valence-electron chi connectivity index (χ2n) is 6.92. The Bertz CT molecular complexity index is 881. The molecule has 0 aliphatic heterocycles. The molecule has 1 saturated carbocycles. The van der Waals surface area contributed by atoms with E-state index in [4.69, 9.17) is 9.47 Å². The van der Waals surface area contributed by atoms with Gasteiger partial charge in [0, 0.05) is 31.7 Å². The number of pyridine rings is 1. The summed E-state index contributed by atoms with van der Waals surface area (Å²) in [6.45, 7) is 0. The number of amides is 1. The molecule has 6 heteroatoms. The summed E-state index contributed by atoms with van der Waals surface area (Å²) in [5, 5.41) is 1.05. The zero-order valence-electron chi connectivity index (χ0n) is 15.9. The number of carbonyl (C=O) groups excluding carboxylic acids is 1. The average Bonchev–Trinajstić information content (AvgIpc) is 2.69. The van der Waals surface area contributed by atoms with Gasteiger partial charge in [0.2, 0.25) is 0 Å². The molecule has 0 saturated heterocycles. The summed E-state index contributed by atoms with van der Waals surface area (Å²) in [5.41, 5.74) is 0.342. The zero-order valence-corrected chi connectivity index (χ0v) is 15.9. The third-order valence-corrected chi connectivity index (χ3v) is 5.36. The first-order valence-corrected chi connectivity index (χ1v) is 9.00. The average molecular weight is 358 g/mol. The molecule has 0 atom stereocenters. The molecular weight excluding hydrogens is 332 g/mol. The molecule has 1 amide bonds. The van der Waals surface area contributed by atoms with E-state index in [2.05, 4.69) is 0 Å². The van der Waals surface area contributed by atoms with E-state index in [1.165, 1.54) is 18.1 Å². The number of hydrogen-bond donors (Lipinski definition) is 0. The fraction of sp³-hybridized carbons (Fsp3) is 0.500. The van der Waals surface area contributed by atoms with Gasteiger partial charge < -0.3 is 18.9 Å². The van der Waals surface area contributed by atoms with E-state index in [0.29, 0.717) is 27.8 Å². The molecule has 1 aliphatic rings. The Morgan fingerprint density at radius 2 is 1.65 bits per heavy atom. The Kier molecular flexibility index (Phi) is 5.20. The molecule has 2 aromatic rings. The lowest BCUT2D eigenvalue weighted by atomic mass is 9.94. The van der Waals surface area contributed by atoms with Crippen molar-refractivity contribution < 1.29 is 14.3 Å². The fourth-order valence-corrected chi connectivity index (χ4v) is 3.79. The molecule has 140 valence electrons. The van der Waals surface area contributed by atoms with Gasteiger partial charge in [-0.1, -0.05) is 19.3 Å². The number of hydrogen-bond acceptors (Lipinski definition) is 4. The van der Waals surface area contributed by atoms with Crippen LogP contribution >= 0.6 is 0 Å². The quantitative estimate of drug-likeness (QED) is 0.843. The van der Waals surface area contributed by atoms with Crippen LogP contribution in [0.5, 0.6) is 11.5 Å². The van der Waals surface area contributed by atoms with Crippen molar-refractivity contribution in [3.05, 3.63) is 34.2 Å². The summed E-state index contributed by atoms with van der Waals surface area (Å²) in [6, 6.07) is 3.62. The van der Waals surface area contributed by atoms with Gasteiger partial charge in [-0.15, -0.1) is 0 Å². The van der Waals surface area contributed by atoms with Crippen molar-refractivity contribution in [2.75, 3.05) is 21.3 Å². The first-order chi connectivity index (χ1) is 12.5. The molecule has 1 heterocycles. The first kappa shape index (κ1) is 18.3. The maximum absolute atomic E-state index is 13.2. The predicted octanol–water partition coefficient (Wildman–Crippen LogP) is 2.96. The summed E-state index contributed by atoms with van der Waals surface area (Å²) in [4.78, 5) is 27.6. The molecule has 1 fully saturated rings. The summed E-state index contributed by atoms with van der Waals surface area (Å²) < 4.78 is 12.1. The van der Waals surface area contributed by atoms with Gasteiger partial charge in [-0.2, -0.15) is 0 Å². The number of rotatable bonds is 4. The van der Waals surface area contributed by atoms with Crippen molar-refractivity contribution in [3.63, 3.8) is 0 Å². The molecule has 1 aliphatic carbocycles. The highest BCUT2D eigenvalue weighted by atomic mass is 16.5. The van der Waals surface area contributed by atoms with E-state index in [1.807, 2.05) is 11.9 Å². The minimum absolute atomic E-state index is 0.0651. The maximum Gasteiger partial charge on any atom is 0.258 e. The number of ether oxygens (including phenoxy) is 2. The summed E-state index contributed by atoms with van der Waals surface area (Å²) in [5.74, 6) is 0.912. The van der Waals surface area contributed by atoms with Gasteiger partial charge in [-0.3, -0.25) is 9.59 Å².